The van der Waals surface area contributed by atoms with Gasteiger partial charge in [-0.3, -0.25) is 9.59 Å². The van der Waals surface area contributed by atoms with Crippen molar-refractivity contribution in [2.75, 3.05) is 11.4 Å². The minimum absolute atomic E-state index is 0.210. The quantitative estimate of drug-likeness (QED) is 0.746. The molecule has 0 radical (unpaired) electrons. The van der Waals surface area contributed by atoms with Crippen LogP contribution in [0.15, 0.2) is 36.4 Å². The number of anilines is 1. The summed E-state index contributed by atoms with van der Waals surface area (Å²) in [6.07, 6.45) is 0. The van der Waals surface area contributed by atoms with Crippen molar-refractivity contribution in [1.82, 2.24) is 5.32 Å². The lowest BCUT2D eigenvalue weighted by molar-refractivity contribution is 0.0925. The van der Waals surface area contributed by atoms with Crippen LogP contribution in [-0.4, -0.2) is 18.4 Å². The number of hydrogen-bond acceptors (Lipinski definition) is 3. The van der Waals surface area contributed by atoms with E-state index >= 15 is 0 Å². The average Bonchev–Trinajstić information content (AvgIpc) is 2.90. The molecule has 0 aliphatic carbocycles. The van der Waals surface area contributed by atoms with Gasteiger partial charge in [-0.25, -0.2) is 4.90 Å². The summed E-state index contributed by atoms with van der Waals surface area (Å²) in [4.78, 5) is 28.1. The molecule has 0 bridgehead atoms. The minimum Gasteiger partial charge on any atom is -0.313 e. The highest BCUT2D eigenvalue weighted by molar-refractivity contribution is 6.35. The van der Waals surface area contributed by atoms with Crippen molar-refractivity contribution < 1.29 is 9.59 Å². The molecule has 2 aromatic rings. The molecule has 3 rings (SSSR count). The highest BCUT2D eigenvalue weighted by Gasteiger charge is 2.40. The standard InChI is InChI=1S/C23H28N2O2/c1-6-24-13-16-9-7-12-19-20(16)23(27)25(22(19)26)21-17(14(2)3)10-8-11-18(21)15(4)5/h7-12,14-15,24H,6,13H2,1-5H3. The van der Waals surface area contributed by atoms with E-state index in [1.54, 1.807) is 6.07 Å². The summed E-state index contributed by atoms with van der Waals surface area (Å²) < 4.78 is 0. The second-order valence-corrected chi connectivity index (χ2v) is 7.66. The topological polar surface area (TPSA) is 49.4 Å². The summed E-state index contributed by atoms with van der Waals surface area (Å²) in [6.45, 7) is 11.8. The monoisotopic (exact) mass is 364 g/mol. The number of amides is 2. The van der Waals surface area contributed by atoms with E-state index in [1.807, 2.05) is 37.3 Å². The van der Waals surface area contributed by atoms with Crippen LogP contribution >= 0.6 is 0 Å². The maximum absolute atomic E-state index is 13.4. The Labute approximate surface area is 161 Å². The van der Waals surface area contributed by atoms with Crippen LogP contribution < -0.4 is 10.2 Å². The van der Waals surface area contributed by atoms with Crippen molar-refractivity contribution >= 4 is 17.5 Å². The zero-order valence-corrected chi connectivity index (χ0v) is 16.8. The van der Waals surface area contributed by atoms with Gasteiger partial charge in [-0.15, -0.1) is 0 Å². The molecule has 1 N–H and O–H groups in total. The summed E-state index contributed by atoms with van der Waals surface area (Å²) in [7, 11) is 0. The Hall–Kier alpha value is -2.46. The molecule has 0 saturated carbocycles. The molecule has 1 aliphatic rings. The molecular weight excluding hydrogens is 336 g/mol. The fourth-order valence-electron chi connectivity index (χ4n) is 3.74. The van der Waals surface area contributed by atoms with E-state index in [9.17, 15) is 9.59 Å². The van der Waals surface area contributed by atoms with E-state index in [1.165, 1.54) is 4.90 Å². The van der Waals surface area contributed by atoms with Crippen molar-refractivity contribution in [2.45, 2.75) is 53.0 Å². The van der Waals surface area contributed by atoms with Gasteiger partial charge in [-0.2, -0.15) is 0 Å². The van der Waals surface area contributed by atoms with E-state index in [2.05, 4.69) is 33.0 Å². The fraction of sp³-hybridized carbons (Fsp3) is 0.391. The smallest absolute Gasteiger partial charge is 0.266 e. The van der Waals surface area contributed by atoms with Crippen LogP contribution in [0.2, 0.25) is 0 Å². The second-order valence-electron chi connectivity index (χ2n) is 7.66. The van der Waals surface area contributed by atoms with Crippen molar-refractivity contribution in [2.24, 2.45) is 0 Å². The van der Waals surface area contributed by atoms with Crippen molar-refractivity contribution in [3.05, 3.63) is 64.2 Å². The Morgan fingerprint density at radius 3 is 2.04 bits per heavy atom. The van der Waals surface area contributed by atoms with Crippen LogP contribution in [0, 0.1) is 0 Å². The van der Waals surface area contributed by atoms with Gasteiger partial charge >= 0.3 is 0 Å². The summed E-state index contributed by atoms with van der Waals surface area (Å²) in [6, 6.07) is 11.6. The van der Waals surface area contributed by atoms with E-state index in [0.717, 1.165) is 28.9 Å². The molecule has 0 fully saturated rings. The number of rotatable bonds is 6. The van der Waals surface area contributed by atoms with E-state index in [-0.39, 0.29) is 23.7 Å². The van der Waals surface area contributed by atoms with Gasteiger partial charge in [0.25, 0.3) is 11.8 Å². The van der Waals surface area contributed by atoms with Gasteiger partial charge in [0.15, 0.2) is 0 Å². The first kappa shape index (κ1) is 19.3. The van der Waals surface area contributed by atoms with Gasteiger partial charge in [-0.05, 0) is 41.1 Å². The fourth-order valence-corrected chi connectivity index (χ4v) is 3.74. The van der Waals surface area contributed by atoms with Crippen LogP contribution in [0.25, 0.3) is 0 Å². The van der Waals surface area contributed by atoms with Crippen LogP contribution in [0.4, 0.5) is 5.69 Å². The molecule has 2 aromatic carbocycles. The number of carbonyl (C=O) groups excluding carboxylic acids is 2. The third-order valence-electron chi connectivity index (χ3n) is 5.13. The van der Waals surface area contributed by atoms with Gasteiger partial charge in [0.05, 0.1) is 16.8 Å². The van der Waals surface area contributed by atoms with Gasteiger partial charge < -0.3 is 5.32 Å². The third kappa shape index (κ3) is 3.30. The number of imide groups is 1. The SMILES string of the molecule is CCNCc1cccc2c1C(=O)N(c1c(C(C)C)cccc1C(C)C)C2=O. The highest BCUT2D eigenvalue weighted by atomic mass is 16.2. The summed E-state index contributed by atoms with van der Waals surface area (Å²) in [5.74, 6) is -0.00432. The zero-order valence-electron chi connectivity index (χ0n) is 16.8. The number of carbonyl (C=O) groups is 2. The van der Waals surface area contributed by atoms with Crippen molar-refractivity contribution in [3.8, 4) is 0 Å². The molecule has 27 heavy (non-hydrogen) atoms. The summed E-state index contributed by atoms with van der Waals surface area (Å²) in [5.41, 5.74) is 4.75. The second kappa shape index (κ2) is 7.65. The number of para-hydroxylation sites is 1. The summed E-state index contributed by atoms with van der Waals surface area (Å²) >= 11 is 0. The molecule has 1 aliphatic heterocycles. The first-order chi connectivity index (χ1) is 12.9. The molecule has 4 nitrogen and oxygen atoms in total. The Morgan fingerprint density at radius 1 is 0.889 bits per heavy atom. The summed E-state index contributed by atoms with van der Waals surface area (Å²) in [5, 5.41) is 3.26. The normalized spacial score (nSPS) is 13.8. The Kier molecular flexibility index (Phi) is 5.47. The molecule has 0 atom stereocenters. The third-order valence-corrected chi connectivity index (χ3v) is 5.13. The minimum atomic E-state index is -0.219. The van der Waals surface area contributed by atoms with Gasteiger partial charge in [0.1, 0.15) is 0 Å². The van der Waals surface area contributed by atoms with Crippen molar-refractivity contribution in [1.29, 1.82) is 0 Å². The molecule has 0 unspecified atom stereocenters. The largest absolute Gasteiger partial charge is 0.313 e. The molecular formula is C23H28N2O2. The predicted octanol–water partition coefficient (Wildman–Crippen LogP) is 4.84. The lowest BCUT2D eigenvalue weighted by atomic mass is 9.92. The molecule has 0 spiro atoms. The Morgan fingerprint density at radius 2 is 1.48 bits per heavy atom. The van der Waals surface area contributed by atoms with Crippen LogP contribution in [-0.2, 0) is 6.54 Å². The zero-order chi connectivity index (χ0) is 19.7. The molecule has 142 valence electrons. The maximum Gasteiger partial charge on any atom is 0.266 e. The predicted molar refractivity (Wildman–Crippen MR) is 110 cm³/mol. The van der Waals surface area contributed by atoms with Crippen LogP contribution in [0.5, 0.6) is 0 Å². The molecule has 0 saturated heterocycles. The van der Waals surface area contributed by atoms with Gasteiger partial charge in [0, 0.05) is 6.54 Å². The Bertz CT molecular complexity index is 858. The lowest BCUT2D eigenvalue weighted by Gasteiger charge is -2.25. The molecule has 1 heterocycles. The Balaban J connectivity index is 2.18. The lowest BCUT2D eigenvalue weighted by Crippen LogP contribution is -2.32. The highest BCUT2D eigenvalue weighted by Crippen LogP contribution is 2.40. The number of fused-ring (bicyclic) bond motifs is 1. The van der Waals surface area contributed by atoms with Gasteiger partial charge in [-0.1, -0.05) is 65.0 Å². The number of nitrogens with zero attached hydrogens (tertiary/aromatic N) is 1. The molecule has 0 aromatic heterocycles. The first-order valence-corrected chi connectivity index (χ1v) is 9.72. The molecule has 2 amide bonds. The van der Waals surface area contributed by atoms with E-state index in [0.29, 0.717) is 17.7 Å². The first-order valence-electron chi connectivity index (χ1n) is 9.72. The number of benzene rings is 2. The van der Waals surface area contributed by atoms with E-state index < -0.39 is 0 Å². The average molecular weight is 364 g/mol. The number of nitrogens with one attached hydrogen (secondary N) is 1. The van der Waals surface area contributed by atoms with E-state index in [4.69, 9.17) is 0 Å². The molecule has 4 heteroatoms. The number of hydrogen-bond donors (Lipinski definition) is 1. The van der Waals surface area contributed by atoms with Crippen LogP contribution in [0.1, 0.15) is 83.9 Å². The maximum atomic E-state index is 13.4. The van der Waals surface area contributed by atoms with Gasteiger partial charge in [0.2, 0.25) is 0 Å². The van der Waals surface area contributed by atoms with Crippen LogP contribution in [0.3, 0.4) is 0 Å². The van der Waals surface area contributed by atoms with Crippen molar-refractivity contribution in [3.63, 3.8) is 0 Å².